The lowest BCUT2D eigenvalue weighted by Crippen LogP contribution is -2.31. The van der Waals surface area contributed by atoms with Crippen molar-refractivity contribution >= 4 is 59.5 Å². The summed E-state index contributed by atoms with van der Waals surface area (Å²) in [5.74, 6) is 0.419. The smallest absolute Gasteiger partial charge is 0.266 e. The van der Waals surface area contributed by atoms with E-state index in [0.717, 1.165) is 4.47 Å². The van der Waals surface area contributed by atoms with E-state index in [-0.39, 0.29) is 5.41 Å². The standard InChI is InChI=1S/C29H30BrN2S/c1-18(2)21(28-32(6)23-15-12-20(30)17-25(23)33-28)13-16-26-29(3,4)27-22-10-8-7-9-19(22)11-14-24(27)31(26)5/h7-18H,1-6H3/q+1. The predicted molar refractivity (Wildman–Crippen MR) is 147 cm³/mol. The van der Waals surface area contributed by atoms with E-state index < -0.39 is 0 Å². The number of aryl methyl sites for hydroxylation is 1. The minimum atomic E-state index is -0.0727. The summed E-state index contributed by atoms with van der Waals surface area (Å²) in [7, 11) is 4.38. The van der Waals surface area contributed by atoms with Crippen molar-refractivity contribution in [3.63, 3.8) is 0 Å². The van der Waals surface area contributed by atoms with Gasteiger partial charge in [0.25, 0.3) is 5.01 Å². The van der Waals surface area contributed by atoms with Gasteiger partial charge in [-0.05, 0) is 52.6 Å². The van der Waals surface area contributed by atoms with Gasteiger partial charge in [0, 0.05) is 40.0 Å². The van der Waals surface area contributed by atoms with Crippen LogP contribution in [-0.2, 0) is 12.5 Å². The molecule has 0 unspecified atom stereocenters. The van der Waals surface area contributed by atoms with Gasteiger partial charge in [-0.1, -0.05) is 85.3 Å². The third-order valence-corrected chi connectivity index (χ3v) is 8.72. The molecular weight excluding hydrogens is 488 g/mol. The Hall–Kier alpha value is -2.43. The SMILES string of the molecule is CC(C)C(=CC=C1N(C)c2ccc3ccccc3c2C1(C)C)c1sc2cc(Br)ccc2[n+]1C. The zero-order valence-electron chi connectivity index (χ0n) is 20.1. The maximum Gasteiger partial charge on any atom is 0.266 e. The van der Waals surface area contributed by atoms with E-state index in [1.54, 1.807) is 0 Å². The molecule has 0 amide bonds. The van der Waals surface area contributed by atoms with Gasteiger partial charge in [0.15, 0.2) is 0 Å². The minimum absolute atomic E-state index is 0.0727. The lowest BCUT2D eigenvalue weighted by Gasteiger charge is -2.24. The van der Waals surface area contributed by atoms with Crippen molar-refractivity contribution in [1.82, 2.24) is 0 Å². The second kappa shape index (κ2) is 8.11. The van der Waals surface area contributed by atoms with Gasteiger partial charge in [-0.15, -0.1) is 0 Å². The van der Waals surface area contributed by atoms with Gasteiger partial charge >= 0.3 is 0 Å². The highest BCUT2D eigenvalue weighted by atomic mass is 79.9. The Balaban J connectivity index is 1.65. The van der Waals surface area contributed by atoms with E-state index in [4.69, 9.17) is 0 Å². The number of nitrogens with zero attached hydrogens (tertiary/aromatic N) is 2. The summed E-state index contributed by atoms with van der Waals surface area (Å²) in [5.41, 5.74) is 6.63. The third kappa shape index (κ3) is 3.55. The summed E-state index contributed by atoms with van der Waals surface area (Å²) in [5, 5.41) is 3.97. The fraction of sp³-hybridized carbons (Fsp3) is 0.276. The number of allylic oxidation sites excluding steroid dienone is 4. The van der Waals surface area contributed by atoms with Crippen LogP contribution < -0.4 is 9.47 Å². The maximum atomic E-state index is 3.63. The zero-order chi connectivity index (χ0) is 23.5. The molecule has 3 aromatic carbocycles. The Morgan fingerprint density at radius 2 is 1.85 bits per heavy atom. The van der Waals surface area contributed by atoms with E-state index in [9.17, 15) is 0 Å². The highest BCUT2D eigenvalue weighted by Crippen LogP contribution is 2.50. The molecule has 0 fully saturated rings. The van der Waals surface area contributed by atoms with Gasteiger partial charge in [-0.3, -0.25) is 0 Å². The lowest BCUT2D eigenvalue weighted by atomic mass is 9.81. The van der Waals surface area contributed by atoms with Gasteiger partial charge in [0.2, 0.25) is 5.52 Å². The number of aromatic nitrogens is 1. The van der Waals surface area contributed by atoms with Crippen molar-refractivity contribution < 1.29 is 4.57 Å². The fourth-order valence-electron chi connectivity index (χ4n) is 5.25. The molecule has 0 atom stereocenters. The molecule has 33 heavy (non-hydrogen) atoms. The van der Waals surface area contributed by atoms with Crippen molar-refractivity contribution in [1.29, 1.82) is 0 Å². The average molecular weight is 519 g/mol. The molecule has 0 spiro atoms. The van der Waals surface area contributed by atoms with Crippen LogP contribution in [0.3, 0.4) is 0 Å². The Morgan fingerprint density at radius 3 is 2.61 bits per heavy atom. The van der Waals surface area contributed by atoms with E-state index in [2.05, 4.69) is 134 Å². The van der Waals surface area contributed by atoms with Crippen LogP contribution in [0.1, 0.15) is 38.3 Å². The van der Waals surface area contributed by atoms with Crippen molar-refractivity contribution in [3.8, 4) is 0 Å². The van der Waals surface area contributed by atoms with Crippen LogP contribution >= 0.6 is 27.3 Å². The molecule has 4 heteroatoms. The Bertz CT molecular complexity index is 1460. The zero-order valence-corrected chi connectivity index (χ0v) is 22.5. The number of anilines is 1. The summed E-state index contributed by atoms with van der Waals surface area (Å²) in [6.45, 7) is 9.29. The Morgan fingerprint density at radius 1 is 1.09 bits per heavy atom. The largest absolute Gasteiger partial charge is 0.347 e. The summed E-state index contributed by atoms with van der Waals surface area (Å²) < 4.78 is 4.76. The molecule has 0 saturated heterocycles. The summed E-state index contributed by atoms with van der Waals surface area (Å²) >= 11 is 5.49. The molecule has 0 N–H and O–H groups in total. The molecular formula is C29H30BrN2S+. The number of halogens is 1. The van der Waals surface area contributed by atoms with Gasteiger partial charge < -0.3 is 4.90 Å². The number of hydrogen-bond donors (Lipinski definition) is 0. The Kier molecular flexibility index (Phi) is 5.49. The van der Waals surface area contributed by atoms with Crippen LogP contribution in [0.5, 0.6) is 0 Å². The van der Waals surface area contributed by atoms with Gasteiger partial charge in [-0.25, -0.2) is 0 Å². The highest BCUT2D eigenvalue weighted by Gasteiger charge is 2.39. The average Bonchev–Trinajstić information content (AvgIpc) is 3.19. The van der Waals surface area contributed by atoms with Crippen molar-refractivity contribution in [3.05, 3.63) is 87.5 Å². The number of hydrogen-bond acceptors (Lipinski definition) is 2. The van der Waals surface area contributed by atoms with Crippen LogP contribution in [-0.4, -0.2) is 7.05 Å². The quantitative estimate of drug-likeness (QED) is 0.249. The fourth-order valence-corrected chi connectivity index (χ4v) is 7.13. The topological polar surface area (TPSA) is 7.12 Å². The first-order valence-corrected chi connectivity index (χ1v) is 13.1. The van der Waals surface area contributed by atoms with Crippen LogP contribution in [0.15, 0.2) is 76.9 Å². The summed E-state index contributed by atoms with van der Waals surface area (Å²) in [6, 6.07) is 19.8. The first-order valence-electron chi connectivity index (χ1n) is 11.5. The number of fused-ring (bicyclic) bond motifs is 4. The molecule has 1 aliphatic heterocycles. The van der Waals surface area contributed by atoms with Gasteiger partial charge in [0.1, 0.15) is 11.7 Å². The van der Waals surface area contributed by atoms with Crippen LogP contribution in [0.25, 0.3) is 26.6 Å². The molecule has 1 aromatic heterocycles. The summed E-state index contributed by atoms with van der Waals surface area (Å²) in [4.78, 5) is 2.37. The van der Waals surface area contributed by atoms with E-state index in [1.807, 2.05) is 11.3 Å². The molecule has 5 rings (SSSR count). The minimum Gasteiger partial charge on any atom is -0.347 e. The molecule has 168 valence electrons. The first kappa shape index (κ1) is 22.4. The van der Waals surface area contributed by atoms with Crippen LogP contribution in [0.4, 0.5) is 5.69 Å². The Labute approximate surface area is 209 Å². The van der Waals surface area contributed by atoms with Crippen molar-refractivity contribution in [2.75, 3.05) is 11.9 Å². The second-order valence-electron chi connectivity index (χ2n) is 9.77. The van der Waals surface area contributed by atoms with Gasteiger partial charge in [0.05, 0.1) is 0 Å². The normalized spacial score (nSPS) is 17.0. The molecule has 2 heterocycles. The highest BCUT2D eigenvalue weighted by molar-refractivity contribution is 9.10. The summed E-state index contributed by atoms with van der Waals surface area (Å²) in [6.07, 6.45) is 4.70. The number of likely N-dealkylation sites (N-methyl/N-ethyl adjacent to an activating group) is 1. The molecule has 4 aromatic rings. The predicted octanol–water partition coefficient (Wildman–Crippen LogP) is 7.99. The molecule has 0 radical (unpaired) electrons. The second-order valence-corrected chi connectivity index (χ2v) is 11.7. The first-order chi connectivity index (χ1) is 15.7. The van der Waals surface area contributed by atoms with E-state index in [1.165, 1.54) is 48.5 Å². The molecule has 2 nitrogen and oxygen atoms in total. The van der Waals surface area contributed by atoms with E-state index in [0.29, 0.717) is 5.92 Å². The lowest BCUT2D eigenvalue weighted by molar-refractivity contribution is -0.642. The molecule has 0 bridgehead atoms. The number of thiazole rings is 1. The maximum absolute atomic E-state index is 3.63. The van der Waals surface area contributed by atoms with Crippen LogP contribution in [0.2, 0.25) is 0 Å². The molecule has 1 aliphatic rings. The number of benzene rings is 3. The van der Waals surface area contributed by atoms with Crippen molar-refractivity contribution in [2.45, 2.75) is 33.1 Å². The van der Waals surface area contributed by atoms with Crippen molar-refractivity contribution in [2.24, 2.45) is 13.0 Å². The van der Waals surface area contributed by atoms with E-state index >= 15 is 0 Å². The monoisotopic (exact) mass is 517 g/mol. The number of rotatable bonds is 3. The van der Waals surface area contributed by atoms with Gasteiger partial charge in [-0.2, -0.15) is 4.57 Å². The molecule has 0 saturated carbocycles. The van der Waals surface area contributed by atoms with Crippen LogP contribution in [0, 0.1) is 5.92 Å². The molecule has 0 aliphatic carbocycles. The third-order valence-electron chi connectivity index (χ3n) is 6.98.